The second kappa shape index (κ2) is 14.0. The lowest BCUT2D eigenvalue weighted by Gasteiger charge is -2.23. The Balaban J connectivity index is 1.70. The molecule has 1 aliphatic rings. The zero-order valence-corrected chi connectivity index (χ0v) is 21.9. The van der Waals surface area contributed by atoms with Crippen molar-refractivity contribution in [2.45, 2.75) is 26.4 Å². The highest BCUT2D eigenvalue weighted by Crippen LogP contribution is 2.20. The molecular weight excluding hydrogens is 513 g/mol. The van der Waals surface area contributed by atoms with E-state index in [0.717, 1.165) is 0 Å². The number of aliphatic imine (C=N–C) groups is 3. The van der Waals surface area contributed by atoms with E-state index in [1.54, 1.807) is 12.3 Å². The number of aromatic nitrogens is 1. The molecule has 0 spiro atoms. The molecule has 0 saturated carbocycles. The SMILES string of the molecule is COC1CN=C(c2cc(Cl)ccc2F)N=C1Nc1ccncc1C(=O)NCCCN=C(N=NC#N)C(C)C. The lowest BCUT2D eigenvalue weighted by atomic mass is 10.1. The molecule has 198 valence electrons. The third-order valence-corrected chi connectivity index (χ3v) is 5.56. The number of carbonyl (C=O) groups excluding carboxylic acids is 1. The van der Waals surface area contributed by atoms with Crippen molar-refractivity contribution in [2.75, 3.05) is 32.1 Å². The molecule has 1 aromatic heterocycles. The first-order valence-corrected chi connectivity index (χ1v) is 12.2. The fraction of sp³-hybridized carbons (Fsp3) is 0.360. The number of benzene rings is 1. The molecule has 0 saturated heterocycles. The summed E-state index contributed by atoms with van der Waals surface area (Å²) in [6.45, 7) is 4.76. The Hall–Kier alpha value is -4.08. The minimum Gasteiger partial charge on any atom is -0.372 e. The first kappa shape index (κ1) is 28.5. The number of amidine groups is 3. The summed E-state index contributed by atoms with van der Waals surface area (Å²) < 4.78 is 19.9. The monoisotopic (exact) mass is 539 g/mol. The topological polar surface area (TPSA) is 149 Å². The van der Waals surface area contributed by atoms with Crippen molar-refractivity contribution in [1.29, 1.82) is 5.26 Å². The molecule has 2 N–H and O–H groups in total. The number of anilines is 1. The lowest BCUT2D eigenvalue weighted by Crippen LogP contribution is -2.37. The van der Waals surface area contributed by atoms with Crippen molar-refractivity contribution in [1.82, 2.24) is 10.3 Å². The molecule has 1 amide bonds. The molecule has 2 heterocycles. The minimum atomic E-state index is -0.531. The van der Waals surface area contributed by atoms with Crippen LogP contribution in [-0.2, 0) is 4.74 Å². The molecule has 1 aliphatic heterocycles. The number of amides is 1. The van der Waals surface area contributed by atoms with Crippen LogP contribution in [0.15, 0.2) is 61.9 Å². The Kier molecular flexibility index (Phi) is 10.5. The van der Waals surface area contributed by atoms with E-state index >= 15 is 0 Å². The quantitative estimate of drug-likeness (QED) is 0.160. The van der Waals surface area contributed by atoms with E-state index in [-0.39, 0.29) is 35.3 Å². The number of pyridine rings is 1. The zero-order valence-electron chi connectivity index (χ0n) is 21.2. The van der Waals surface area contributed by atoms with Crippen molar-refractivity contribution >= 4 is 40.7 Å². The number of ether oxygens (including phenoxy) is 1. The number of hydrogen-bond acceptors (Lipinski definition) is 9. The average Bonchev–Trinajstić information content (AvgIpc) is 2.91. The number of halogens is 2. The smallest absolute Gasteiger partial charge is 0.254 e. The second-order valence-electron chi connectivity index (χ2n) is 8.36. The first-order chi connectivity index (χ1) is 18.3. The summed E-state index contributed by atoms with van der Waals surface area (Å²) in [5.74, 6) is 0.158. The number of azo groups is 1. The van der Waals surface area contributed by atoms with Gasteiger partial charge in [-0.1, -0.05) is 30.6 Å². The number of nitrogens with zero attached hydrogens (tertiary/aromatic N) is 7. The van der Waals surface area contributed by atoms with E-state index in [9.17, 15) is 9.18 Å². The molecule has 1 atom stereocenters. The van der Waals surface area contributed by atoms with Gasteiger partial charge in [0.2, 0.25) is 6.19 Å². The standard InChI is InChI=1S/C25H27ClFN9O2/c1-15(2)22(36-33-14-28)30-8-4-9-31-25(37)18-12-29-10-7-20(18)34-24-21(38-3)13-32-23(35-24)17-11-16(26)5-6-19(17)27/h5-7,10-12,15,21H,4,8-9,13H2,1-3H3,(H,31,37)(H,29,32,34,35). The van der Waals surface area contributed by atoms with Crippen LogP contribution in [-0.4, -0.2) is 61.2 Å². The van der Waals surface area contributed by atoms with E-state index in [0.29, 0.717) is 41.9 Å². The van der Waals surface area contributed by atoms with Gasteiger partial charge in [-0.3, -0.25) is 19.8 Å². The molecule has 2 aromatic rings. The Morgan fingerprint density at radius 3 is 2.92 bits per heavy atom. The number of nitriles is 1. The molecule has 3 rings (SSSR count). The van der Waals surface area contributed by atoms with E-state index in [1.165, 1.54) is 37.7 Å². The number of nitrogens with one attached hydrogen (secondary N) is 2. The van der Waals surface area contributed by atoms with E-state index in [4.69, 9.17) is 21.6 Å². The molecule has 1 aromatic carbocycles. The van der Waals surface area contributed by atoms with Gasteiger partial charge >= 0.3 is 0 Å². The molecule has 11 nitrogen and oxygen atoms in total. The highest BCUT2D eigenvalue weighted by atomic mass is 35.5. The van der Waals surface area contributed by atoms with Gasteiger partial charge in [0.1, 0.15) is 23.6 Å². The Bertz CT molecular complexity index is 1320. The Morgan fingerprint density at radius 1 is 1.37 bits per heavy atom. The Morgan fingerprint density at radius 2 is 2.18 bits per heavy atom. The van der Waals surface area contributed by atoms with E-state index < -0.39 is 11.9 Å². The van der Waals surface area contributed by atoms with Crippen molar-refractivity contribution in [3.8, 4) is 6.19 Å². The summed E-state index contributed by atoms with van der Waals surface area (Å²) in [5.41, 5.74) is 0.900. The summed E-state index contributed by atoms with van der Waals surface area (Å²) in [6.07, 6.45) is 4.60. The normalized spacial score (nSPS) is 15.7. The van der Waals surface area contributed by atoms with Gasteiger partial charge in [-0.25, -0.2) is 9.38 Å². The van der Waals surface area contributed by atoms with Crippen molar-refractivity contribution in [2.24, 2.45) is 31.1 Å². The van der Waals surface area contributed by atoms with Crippen LogP contribution in [0.5, 0.6) is 0 Å². The van der Waals surface area contributed by atoms with E-state index in [1.807, 2.05) is 13.8 Å². The van der Waals surface area contributed by atoms with Crippen LogP contribution in [0.25, 0.3) is 0 Å². The van der Waals surface area contributed by atoms with Gasteiger partial charge in [-0.2, -0.15) is 5.26 Å². The maximum absolute atomic E-state index is 14.4. The first-order valence-electron chi connectivity index (χ1n) is 11.8. The third-order valence-electron chi connectivity index (χ3n) is 5.33. The van der Waals surface area contributed by atoms with Crippen LogP contribution < -0.4 is 10.6 Å². The Labute approximate surface area is 224 Å². The highest BCUT2D eigenvalue weighted by Gasteiger charge is 2.24. The summed E-state index contributed by atoms with van der Waals surface area (Å²) in [4.78, 5) is 30.1. The summed E-state index contributed by atoms with van der Waals surface area (Å²) in [6, 6.07) is 5.79. The van der Waals surface area contributed by atoms with Crippen molar-refractivity contribution in [3.05, 3.63) is 58.6 Å². The maximum Gasteiger partial charge on any atom is 0.254 e. The fourth-order valence-corrected chi connectivity index (χ4v) is 3.55. The van der Waals surface area contributed by atoms with Crippen LogP contribution in [0.4, 0.5) is 10.1 Å². The van der Waals surface area contributed by atoms with Gasteiger partial charge in [0.05, 0.1) is 23.4 Å². The molecule has 1 unspecified atom stereocenters. The van der Waals surface area contributed by atoms with Crippen LogP contribution in [0.3, 0.4) is 0 Å². The fourth-order valence-electron chi connectivity index (χ4n) is 3.38. The molecule has 38 heavy (non-hydrogen) atoms. The largest absolute Gasteiger partial charge is 0.372 e. The second-order valence-corrected chi connectivity index (χ2v) is 8.80. The van der Waals surface area contributed by atoms with Crippen LogP contribution >= 0.6 is 11.6 Å². The van der Waals surface area contributed by atoms with Gasteiger partial charge in [0, 0.05) is 43.5 Å². The molecule has 13 heteroatoms. The van der Waals surface area contributed by atoms with Gasteiger partial charge in [0.15, 0.2) is 5.84 Å². The minimum absolute atomic E-state index is 0.0188. The third kappa shape index (κ3) is 7.71. The van der Waals surface area contributed by atoms with Crippen molar-refractivity contribution in [3.63, 3.8) is 0 Å². The van der Waals surface area contributed by atoms with Gasteiger partial charge in [-0.05, 0) is 30.7 Å². The molecule has 0 aliphatic carbocycles. The zero-order chi connectivity index (χ0) is 27.5. The summed E-state index contributed by atoms with van der Waals surface area (Å²) in [5, 5.41) is 22.0. The van der Waals surface area contributed by atoms with Crippen molar-refractivity contribution < 1.29 is 13.9 Å². The van der Waals surface area contributed by atoms with Gasteiger partial charge < -0.3 is 15.4 Å². The average molecular weight is 540 g/mol. The lowest BCUT2D eigenvalue weighted by molar-refractivity contribution is 0.0954. The van der Waals surface area contributed by atoms with Gasteiger partial charge in [0.25, 0.3) is 5.91 Å². The molecule has 0 bridgehead atoms. The number of methoxy groups -OCH3 is 1. The number of hydrogen-bond donors (Lipinski definition) is 2. The summed E-state index contributed by atoms with van der Waals surface area (Å²) >= 11 is 6.04. The molecule has 0 radical (unpaired) electrons. The van der Waals surface area contributed by atoms with Crippen LogP contribution in [0.1, 0.15) is 36.2 Å². The highest BCUT2D eigenvalue weighted by molar-refractivity contribution is 6.31. The van der Waals surface area contributed by atoms with Crippen LogP contribution in [0.2, 0.25) is 5.02 Å². The molecule has 0 fully saturated rings. The number of carbonyl (C=O) groups is 1. The maximum atomic E-state index is 14.4. The van der Waals surface area contributed by atoms with Crippen LogP contribution in [0, 0.1) is 23.2 Å². The molecular formula is C25H27ClFN9O2. The predicted molar refractivity (Wildman–Crippen MR) is 143 cm³/mol. The summed E-state index contributed by atoms with van der Waals surface area (Å²) in [7, 11) is 1.51. The predicted octanol–water partition coefficient (Wildman–Crippen LogP) is 4.27. The van der Waals surface area contributed by atoms with E-state index in [2.05, 4.69) is 40.8 Å². The van der Waals surface area contributed by atoms with Gasteiger partial charge in [-0.15, -0.1) is 5.11 Å². The number of rotatable bonds is 9.